The van der Waals surface area contributed by atoms with E-state index >= 15 is 0 Å². The van der Waals surface area contributed by atoms with Gasteiger partial charge in [0.1, 0.15) is 0 Å². The highest BCUT2D eigenvalue weighted by atomic mass is 16.5. The molecule has 0 spiro atoms. The lowest BCUT2D eigenvalue weighted by molar-refractivity contribution is -0.145. The number of benzene rings is 2. The van der Waals surface area contributed by atoms with Crippen LogP contribution in [0.2, 0.25) is 0 Å². The minimum Gasteiger partial charge on any atom is -0.466 e. The quantitative estimate of drug-likeness (QED) is 0.172. The van der Waals surface area contributed by atoms with Crippen molar-refractivity contribution in [3.05, 3.63) is 71.8 Å². The fourth-order valence-corrected chi connectivity index (χ4v) is 4.03. The summed E-state index contributed by atoms with van der Waals surface area (Å²) in [4.78, 5) is 47.4. The van der Waals surface area contributed by atoms with Gasteiger partial charge in [0, 0.05) is 25.9 Å². The molecule has 0 heterocycles. The summed E-state index contributed by atoms with van der Waals surface area (Å²) in [5.41, 5.74) is 2.42. The summed E-state index contributed by atoms with van der Waals surface area (Å²) in [6.45, 7) is 1.84. The van der Waals surface area contributed by atoms with Gasteiger partial charge in [-0.25, -0.2) is 0 Å². The molecule has 218 valence electrons. The zero-order valence-corrected chi connectivity index (χ0v) is 23.5. The highest BCUT2D eigenvalue weighted by molar-refractivity contribution is 5.81. The molecule has 0 atom stereocenters. The Morgan fingerprint density at radius 3 is 1.30 bits per heavy atom. The van der Waals surface area contributed by atoms with Gasteiger partial charge in [-0.3, -0.25) is 19.2 Å². The van der Waals surface area contributed by atoms with Gasteiger partial charge in [0.2, 0.25) is 11.8 Å². The molecule has 0 radical (unpaired) electrons. The molecule has 0 aliphatic rings. The third kappa shape index (κ3) is 17.0. The van der Waals surface area contributed by atoms with Gasteiger partial charge in [0.05, 0.1) is 26.1 Å². The second-order valence-electron chi connectivity index (χ2n) is 9.73. The molecule has 2 N–H and O–H groups in total. The lowest BCUT2D eigenvalue weighted by Gasteiger charge is -2.07. The van der Waals surface area contributed by atoms with Crippen molar-refractivity contribution in [2.24, 2.45) is 0 Å². The number of nitrogens with one attached hydrogen (secondary N) is 2. The molecular weight excluding hydrogens is 508 g/mol. The van der Waals surface area contributed by atoms with E-state index in [1.54, 1.807) is 0 Å². The second-order valence-corrected chi connectivity index (χ2v) is 9.73. The summed E-state index contributed by atoms with van der Waals surface area (Å²) < 4.78 is 10.4. The molecular formula is C32H44N2O6. The van der Waals surface area contributed by atoms with Crippen molar-refractivity contribution >= 4 is 23.8 Å². The third-order valence-electron chi connectivity index (χ3n) is 6.29. The lowest BCUT2D eigenvalue weighted by Crippen LogP contribution is -2.26. The number of ether oxygens (including phenoxy) is 2. The molecule has 0 saturated carbocycles. The number of aryl methyl sites for hydroxylation is 2. The van der Waals surface area contributed by atoms with Crippen LogP contribution in [0, 0.1) is 0 Å². The molecule has 0 aliphatic carbocycles. The number of amides is 2. The summed E-state index contributed by atoms with van der Waals surface area (Å²) in [5, 5.41) is 5.66. The summed E-state index contributed by atoms with van der Waals surface area (Å²) in [5.74, 6) is -0.992. The minimum atomic E-state index is -0.346. The summed E-state index contributed by atoms with van der Waals surface area (Å²) in [6.07, 6.45) is 7.18. The van der Waals surface area contributed by atoms with E-state index < -0.39 is 0 Å². The maximum Gasteiger partial charge on any atom is 0.306 e. The maximum absolute atomic E-state index is 11.9. The van der Waals surface area contributed by atoms with Crippen molar-refractivity contribution in [2.45, 2.75) is 77.0 Å². The van der Waals surface area contributed by atoms with Gasteiger partial charge in [-0.2, -0.15) is 0 Å². The van der Waals surface area contributed by atoms with Gasteiger partial charge in [-0.05, 0) is 49.7 Å². The summed E-state index contributed by atoms with van der Waals surface area (Å²) in [6, 6.07) is 20.1. The van der Waals surface area contributed by atoms with Gasteiger partial charge < -0.3 is 20.1 Å². The lowest BCUT2D eigenvalue weighted by atomic mass is 10.1. The SMILES string of the molecule is O=C(CCC(=O)OCCCc1ccccc1)NCCCCCCNC(=O)CCC(=O)OCCCc1ccccc1. The monoisotopic (exact) mass is 552 g/mol. The molecule has 2 aromatic rings. The first kappa shape index (κ1) is 32.5. The van der Waals surface area contributed by atoms with Crippen LogP contribution in [-0.2, 0) is 41.5 Å². The van der Waals surface area contributed by atoms with E-state index in [1.807, 2.05) is 60.7 Å². The van der Waals surface area contributed by atoms with E-state index in [1.165, 1.54) is 11.1 Å². The van der Waals surface area contributed by atoms with Crippen LogP contribution in [0.25, 0.3) is 0 Å². The first-order valence-electron chi connectivity index (χ1n) is 14.5. The molecule has 0 fully saturated rings. The molecule has 0 bridgehead atoms. The van der Waals surface area contributed by atoms with Crippen molar-refractivity contribution in [3.63, 3.8) is 0 Å². The van der Waals surface area contributed by atoms with Crippen LogP contribution in [-0.4, -0.2) is 50.1 Å². The number of hydrogen-bond donors (Lipinski definition) is 2. The number of carbonyl (C=O) groups excluding carboxylic acids is 4. The largest absolute Gasteiger partial charge is 0.466 e. The molecule has 0 aromatic heterocycles. The Morgan fingerprint density at radius 1 is 0.500 bits per heavy atom. The fourth-order valence-electron chi connectivity index (χ4n) is 4.03. The number of hydrogen-bond acceptors (Lipinski definition) is 6. The van der Waals surface area contributed by atoms with Crippen LogP contribution < -0.4 is 10.6 Å². The molecule has 2 amide bonds. The van der Waals surface area contributed by atoms with Crippen molar-refractivity contribution in [2.75, 3.05) is 26.3 Å². The topological polar surface area (TPSA) is 111 Å². The van der Waals surface area contributed by atoms with E-state index in [9.17, 15) is 19.2 Å². The smallest absolute Gasteiger partial charge is 0.306 e. The number of unbranched alkanes of at least 4 members (excludes halogenated alkanes) is 3. The van der Waals surface area contributed by atoms with Gasteiger partial charge >= 0.3 is 11.9 Å². The third-order valence-corrected chi connectivity index (χ3v) is 6.29. The van der Waals surface area contributed by atoms with Crippen LogP contribution in [0.15, 0.2) is 60.7 Å². The normalized spacial score (nSPS) is 10.5. The molecule has 8 heteroatoms. The van der Waals surface area contributed by atoms with E-state index in [0.29, 0.717) is 26.3 Å². The molecule has 0 aliphatic heterocycles. The predicted octanol–water partition coefficient (Wildman–Crippen LogP) is 4.69. The fraction of sp³-hybridized carbons (Fsp3) is 0.500. The zero-order valence-electron chi connectivity index (χ0n) is 23.5. The van der Waals surface area contributed by atoms with Crippen molar-refractivity contribution in [3.8, 4) is 0 Å². The first-order chi connectivity index (χ1) is 19.5. The van der Waals surface area contributed by atoms with Gasteiger partial charge in [-0.1, -0.05) is 73.5 Å². The van der Waals surface area contributed by atoms with Gasteiger partial charge in [0.15, 0.2) is 0 Å². The Balaban J connectivity index is 1.33. The first-order valence-corrected chi connectivity index (χ1v) is 14.5. The van der Waals surface area contributed by atoms with Crippen LogP contribution in [0.4, 0.5) is 0 Å². The van der Waals surface area contributed by atoms with Crippen LogP contribution in [0.5, 0.6) is 0 Å². The average Bonchev–Trinajstić information content (AvgIpc) is 2.97. The Morgan fingerprint density at radius 2 is 0.900 bits per heavy atom. The predicted molar refractivity (Wildman–Crippen MR) is 154 cm³/mol. The number of esters is 2. The second kappa shape index (κ2) is 21.2. The van der Waals surface area contributed by atoms with Gasteiger partial charge in [0.25, 0.3) is 0 Å². The standard InChI is InChI=1S/C32H44N2O6/c35-29(19-21-31(37)39-25-11-17-27-13-5-3-6-14-27)33-23-9-1-2-10-24-34-30(36)20-22-32(38)40-26-12-18-28-15-7-4-8-16-28/h3-8,13-16H,1-2,9-12,17-26H2,(H,33,35)(H,34,36). The van der Waals surface area contributed by atoms with E-state index in [0.717, 1.165) is 51.4 Å². The summed E-state index contributed by atoms with van der Waals surface area (Å²) in [7, 11) is 0. The summed E-state index contributed by atoms with van der Waals surface area (Å²) >= 11 is 0. The molecule has 8 nitrogen and oxygen atoms in total. The van der Waals surface area contributed by atoms with Crippen LogP contribution >= 0.6 is 0 Å². The van der Waals surface area contributed by atoms with Crippen molar-refractivity contribution in [1.82, 2.24) is 10.6 Å². The van der Waals surface area contributed by atoms with E-state index in [2.05, 4.69) is 10.6 Å². The molecule has 2 rings (SSSR count). The van der Waals surface area contributed by atoms with E-state index in [-0.39, 0.29) is 49.4 Å². The maximum atomic E-state index is 11.9. The van der Waals surface area contributed by atoms with Crippen LogP contribution in [0.1, 0.15) is 75.3 Å². The highest BCUT2D eigenvalue weighted by Crippen LogP contribution is 2.05. The zero-order chi connectivity index (χ0) is 28.7. The van der Waals surface area contributed by atoms with E-state index in [4.69, 9.17) is 9.47 Å². The Kier molecular flexibility index (Phi) is 17.2. The molecule has 0 saturated heterocycles. The average molecular weight is 553 g/mol. The Labute approximate surface area is 238 Å². The molecule has 0 unspecified atom stereocenters. The Hall–Kier alpha value is -3.68. The van der Waals surface area contributed by atoms with Crippen molar-refractivity contribution in [1.29, 1.82) is 0 Å². The minimum absolute atomic E-state index is 0.0862. The highest BCUT2D eigenvalue weighted by Gasteiger charge is 2.09. The van der Waals surface area contributed by atoms with Crippen LogP contribution in [0.3, 0.4) is 0 Å². The van der Waals surface area contributed by atoms with Gasteiger partial charge in [-0.15, -0.1) is 0 Å². The molecule has 2 aromatic carbocycles. The number of rotatable bonds is 21. The Bertz CT molecular complexity index is 915. The molecule has 40 heavy (non-hydrogen) atoms. The van der Waals surface area contributed by atoms with Crippen molar-refractivity contribution < 1.29 is 28.7 Å². The number of carbonyl (C=O) groups is 4.